The van der Waals surface area contributed by atoms with Crippen LogP contribution in [0.1, 0.15) is 12.5 Å². The lowest BCUT2D eigenvalue weighted by molar-refractivity contribution is -0.384. The predicted octanol–water partition coefficient (Wildman–Crippen LogP) is 3.90. The van der Waals surface area contributed by atoms with Gasteiger partial charge < -0.3 is 9.88 Å². The SMILES string of the molecule is C=CCn1c(=NC(=O)/C=C/c2cccc([N+](=O)[O-])c2)sc2cc(NC(C)=O)ccc21. The predicted molar refractivity (Wildman–Crippen MR) is 117 cm³/mol. The summed E-state index contributed by atoms with van der Waals surface area (Å²) in [6.07, 6.45) is 4.46. The second-order valence-corrected chi connectivity index (χ2v) is 7.29. The Hall–Kier alpha value is -3.85. The Kier molecular flexibility index (Phi) is 6.33. The van der Waals surface area contributed by atoms with Crippen LogP contribution in [0, 0.1) is 10.1 Å². The molecule has 0 saturated heterocycles. The first-order chi connectivity index (χ1) is 14.4. The molecule has 0 fully saturated rings. The Labute approximate surface area is 175 Å². The van der Waals surface area contributed by atoms with Gasteiger partial charge in [-0.2, -0.15) is 4.99 Å². The average Bonchev–Trinajstić information content (AvgIpc) is 3.02. The number of hydrogen-bond acceptors (Lipinski definition) is 5. The third kappa shape index (κ3) is 4.95. The number of carbonyl (C=O) groups excluding carboxylic acids is 2. The minimum atomic E-state index is -0.493. The number of thiazole rings is 1. The molecule has 3 rings (SSSR count). The number of anilines is 1. The summed E-state index contributed by atoms with van der Waals surface area (Å²) in [4.78, 5) is 38.7. The number of fused-ring (bicyclic) bond motifs is 1. The molecular weight excluding hydrogens is 404 g/mol. The van der Waals surface area contributed by atoms with Gasteiger partial charge in [-0.25, -0.2) is 0 Å². The first-order valence-corrected chi connectivity index (χ1v) is 9.72. The number of benzene rings is 2. The third-order valence-corrected chi connectivity index (χ3v) is 5.06. The van der Waals surface area contributed by atoms with Crippen molar-refractivity contribution in [2.75, 3.05) is 5.32 Å². The maximum absolute atomic E-state index is 12.4. The molecule has 0 aliphatic rings. The number of rotatable bonds is 6. The number of nitrogens with one attached hydrogen (secondary N) is 1. The quantitative estimate of drug-likeness (QED) is 0.281. The average molecular weight is 422 g/mol. The van der Waals surface area contributed by atoms with Crippen LogP contribution >= 0.6 is 11.3 Å². The number of aromatic nitrogens is 1. The molecule has 0 saturated carbocycles. The Bertz CT molecular complexity index is 1250. The maximum Gasteiger partial charge on any atom is 0.272 e. The number of nitro benzene ring substituents is 1. The number of nitro groups is 1. The molecule has 0 aliphatic heterocycles. The summed E-state index contributed by atoms with van der Waals surface area (Å²) in [6, 6.07) is 11.4. The highest BCUT2D eigenvalue weighted by atomic mass is 32.1. The van der Waals surface area contributed by atoms with Crippen molar-refractivity contribution >= 4 is 50.8 Å². The second kappa shape index (κ2) is 9.10. The van der Waals surface area contributed by atoms with Gasteiger partial charge in [0.15, 0.2) is 4.80 Å². The summed E-state index contributed by atoms with van der Waals surface area (Å²) in [7, 11) is 0. The molecule has 1 heterocycles. The number of carbonyl (C=O) groups is 2. The summed E-state index contributed by atoms with van der Waals surface area (Å²) in [6.45, 7) is 5.64. The van der Waals surface area contributed by atoms with E-state index >= 15 is 0 Å². The van der Waals surface area contributed by atoms with Crippen LogP contribution in [0.25, 0.3) is 16.3 Å². The van der Waals surface area contributed by atoms with E-state index in [1.807, 2.05) is 16.7 Å². The highest BCUT2D eigenvalue weighted by Gasteiger charge is 2.08. The summed E-state index contributed by atoms with van der Waals surface area (Å²) < 4.78 is 2.71. The van der Waals surface area contributed by atoms with Crippen LogP contribution < -0.4 is 10.1 Å². The largest absolute Gasteiger partial charge is 0.326 e. The van der Waals surface area contributed by atoms with E-state index in [9.17, 15) is 19.7 Å². The normalized spacial score (nSPS) is 11.7. The topological polar surface area (TPSA) is 107 Å². The molecule has 0 bridgehead atoms. The van der Waals surface area contributed by atoms with E-state index in [1.54, 1.807) is 24.3 Å². The van der Waals surface area contributed by atoms with Crippen molar-refractivity contribution in [3.05, 3.63) is 81.7 Å². The zero-order valence-corrected chi connectivity index (χ0v) is 16.9. The monoisotopic (exact) mass is 422 g/mol. The first kappa shape index (κ1) is 20.9. The standard InChI is InChI=1S/C21H18N4O4S/c1-3-11-24-18-9-8-16(22-14(2)26)13-19(18)30-21(24)23-20(27)10-7-15-5-4-6-17(12-15)25(28)29/h3-10,12-13H,1,11H2,2H3,(H,22,26)/b10-7+,23-21?. The molecule has 152 valence electrons. The molecule has 0 aliphatic carbocycles. The molecule has 3 aromatic rings. The van der Waals surface area contributed by atoms with Crippen molar-refractivity contribution < 1.29 is 14.5 Å². The first-order valence-electron chi connectivity index (χ1n) is 8.90. The molecular formula is C21H18N4O4S. The molecule has 8 nitrogen and oxygen atoms in total. The molecule has 1 N–H and O–H groups in total. The van der Waals surface area contributed by atoms with Crippen molar-refractivity contribution in [1.82, 2.24) is 4.57 Å². The molecule has 30 heavy (non-hydrogen) atoms. The fraction of sp³-hybridized carbons (Fsp3) is 0.0952. The fourth-order valence-electron chi connectivity index (χ4n) is 2.79. The Morgan fingerprint density at radius 1 is 1.30 bits per heavy atom. The van der Waals surface area contributed by atoms with Crippen LogP contribution in [-0.2, 0) is 16.1 Å². The number of hydrogen-bond donors (Lipinski definition) is 1. The number of nitrogens with zero attached hydrogens (tertiary/aromatic N) is 3. The molecule has 0 unspecified atom stereocenters. The Balaban J connectivity index is 1.95. The number of amides is 2. The van der Waals surface area contributed by atoms with Gasteiger partial charge in [0.25, 0.3) is 11.6 Å². The van der Waals surface area contributed by atoms with Crippen molar-refractivity contribution in [2.45, 2.75) is 13.5 Å². The van der Waals surface area contributed by atoms with E-state index in [4.69, 9.17) is 0 Å². The minimum absolute atomic E-state index is 0.0511. The van der Waals surface area contributed by atoms with E-state index in [0.29, 0.717) is 22.6 Å². The van der Waals surface area contributed by atoms with Gasteiger partial charge in [0.1, 0.15) is 0 Å². The van der Waals surface area contributed by atoms with Crippen LogP contribution in [0.4, 0.5) is 11.4 Å². The number of allylic oxidation sites excluding steroid dienone is 1. The Morgan fingerprint density at radius 2 is 2.10 bits per heavy atom. The van der Waals surface area contributed by atoms with Crippen LogP contribution in [0.5, 0.6) is 0 Å². The van der Waals surface area contributed by atoms with Gasteiger partial charge in [0, 0.05) is 37.4 Å². The summed E-state index contributed by atoms with van der Waals surface area (Å²) in [5.41, 5.74) is 2.00. The van der Waals surface area contributed by atoms with Crippen molar-refractivity contribution in [3.63, 3.8) is 0 Å². The number of non-ortho nitro benzene ring substituents is 1. The zero-order valence-electron chi connectivity index (χ0n) is 16.1. The molecule has 2 aromatic carbocycles. The van der Waals surface area contributed by atoms with Crippen molar-refractivity contribution in [3.8, 4) is 0 Å². The highest BCUT2D eigenvalue weighted by Crippen LogP contribution is 2.22. The van der Waals surface area contributed by atoms with Crippen LogP contribution in [0.3, 0.4) is 0 Å². The van der Waals surface area contributed by atoms with Gasteiger partial charge in [-0.1, -0.05) is 29.5 Å². The van der Waals surface area contributed by atoms with Gasteiger partial charge in [-0.15, -0.1) is 6.58 Å². The lowest BCUT2D eigenvalue weighted by atomic mass is 10.2. The summed E-state index contributed by atoms with van der Waals surface area (Å²) >= 11 is 1.31. The zero-order chi connectivity index (χ0) is 21.7. The summed E-state index contributed by atoms with van der Waals surface area (Å²) in [5, 5.41) is 13.6. The summed E-state index contributed by atoms with van der Waals surface area (Å²) in [5.74, 6) is -0.663. The molecule has 2 amide bonds. The van der Waals surface area contributed by atoms with Gasteiger partial charge in [-0.3, -0.25) is 19.7 Å². The fourth-order valence-corrected chi connectivity index (χ4v) is 3.87. The van der Waals surface area contributed by atoms with Crippen LogP contribution in [0.15, 0.2) is 66.2 Å². The van der Waals surface area contributed by atoms with E-state index in [2.05, 4.69) is 16.9 Å². The van der Waals surface area contributed by atoms with Crippen LogP contribution in [-0.4, -0.2) is 21.3 Å². The molecule has 0 radical (unpaired) electrons. The molecule has 9 heteroatoms. The van der Waals surface area contributed by atoms with Gasteiger partial charge >= 0.3 is 0 Å². The van der Waals surface area contributed by atoms with E-state index in [-0.39, 0.29) is 11.6 Å². The molecule has 1 aromatic heterocycles. The maximum atomic E-state index is 12.4. The van der Waals surface area contributed by atoms with Crippen molar-refractivity contribution in [1.29, 1.82) is 0 Å². The second-order valence-electron chi connectivity index (χ2n) is 6.28. The molecule has 0 spiro atoms. The lowest BCUT2D eigenvalue weighted by Gasteiger charge is -2.03. The third-order valence-electron chi connectivity index (χ3n) is 4.02. The lowest BCUT2D eigenvalue weighted by Crippen LogP contribution is -2.15. The minimum Gasteiger partial charge on any atom is -0.326 e. The smallest absolute Gasteiger partial charge is 0.272 e. The Morgan fingerprint density at radius 3 is 2.80 bits per heavy atom. The van der Waals surface area contributed by atoms with Gasteiger partial charge in [-0.05, 0) is 29.8 Å². The van der Waals surface area contributed by atoms with Gasteiger partial charge in [0.05, 0.1) is 15.1 Å². The van der Waals surface area contributed by atoms with Gasteiger partial charge in [0.2, 0.25) is 5.91 Å². The highest BCUT2D eigenvalue weighted by molar-refractivity contribution is 7.16. The molecule has 0 atom stereocenters. The van der Waals surface area contributed by atoms with E-state index < -0.39 is 10.8 Å². The van der Waals surface area contributed by atoms with Crippen molar-refractivity contribution in [2.24, 2.45) is 4.99 Å². The van der Waals surface area contributed by atoms with Crippen LogP contribution in [0.2, 0.25) is 0 Å². The van der Waals surface area contributed by atoms with E-state index in [1.165, 1.54) is 42.5 Å². The van der Waals surface area contributed by atoms with E-state index in [0.717, 1.165) is 10.2 Å².